The van der Waals surface area contributed by atoms with Crippen LogP contribution in [-0.4, -0.2) is 19.9 Å². The van der Waals surface area contributed by atoms with Crippen molar-refractivity contribution in [2.45, 2.75) is 0 Å². The Labute approximate surface area is 78.9 Å². The second-order valence-corrected chi connectivity index (χ2v) is 2.55. The summed E-state index contributed by atoms with van der Waals surface area (Å²) in [5.74, 6) is -0.528. The largest absolute Gasteiger partial charge is 0.368 e. The topological polar surface area (TPSA) is 77.6 Å². The number of aromatic nitrogens is 4. The Morgan fingerprint density at radius 1 is 1.14 bits per heavy atom. The zero-order valence-corrected chi connectivity index (χ0v) is 7.05. The number of nitrogens with zero attached hydrogens (tertiary/aromatic N) is 4. The molecule has 0 aliphatic rings. The molecule has 0 radical (unpaired) electrons. The third kappa shape index (κ3) is 1.49. The molecule has 70 valence electrons. The van der Waals surface area contributed by atoms with Crippen LogP contribution in [0.1, 0.15) is 0 Å². The van der Waals surface area contributed by atoms with E-state index < -0.39 is 5.82 Å². The van der Waals surface area contributed by atoms with E-state index >= 15 is 0 Å². The molecular formula is C8H6FN5. The Kier molecular flexibility index (Phi) is 2.02. The van der Waals surface area contributed by atoms with Gasteiger partial charge in [0.15, 0.2) is 5.82 Å². The molecule has 0 aromatic carbocycles. The lowest BCUT2D eigenvalue weighted by Crippen LogP contribution is -1.99. The Morgan fingerprint density at radius 2 is 1.86 bits per heavy atom. The lowest BCUT2D eigenvalue weighted by atomic mass is 10.2. The second-order valence-electron chi connectivity index (χ2n) is 2.55. The lowest BCUT2D eigenvalue weighted by molar-refractivity contribution is 0.619. The minimum absolute atomic E-state index is 0.0188. The maximum Gasteiger partial charge on any atom is 0.220 e. The van der Waals surface area contributed by atoms with Crippen molar-refractivity contribution < 1.29 is 4.39 Å². The maximum atomic E-state index is 13.2. The lowest BCUT2D eigenvalue weighted by Gasteiger charge is -2.00. The predicted molar refractivity (Wildman–Crippen MR) is 47.4 cm³/mol. The van der Waals surface area contributed by atoms with E-state index in [1.807, 2.05) is 0 Å². The number of anilines is 1. The van der Waals surface area contributed by atoms with Crippen LogP contribution in [0.4, 0.5) is 10.3 Å². The van der Waals surface area contributed by atoms with E-state index in [4.69, 9.17) is 5.73 Å². The van der Waals surface area contributed by atoms with Crippen LogP contribution in [0, 0.1) is 5.82 Å². The van der Waals surface area contributed by atoms with E-state index in [1.165, 1.54) is 18.7 Å². The van der Waals surface area contributed by atoms with Gasteiger partial charge >= 0.3 is 0 Å². The summed E-state index contributed by atoms with van der Waals surface area (Å²) in [5.41, 5.74) is 5.92. The Morgan fingerprint density at radius 3 is 2.57 bits per heavy atom. The first kappa shape index (κ1) is 8.49. The van der Waals surface area contributed by atoms with E-state index in [1.54, 1.807) is 0 Å². The molecule has 0 fully saturated rings. The summed E-state index contributed by atoms with van der Waals surface area (Å²) in [6.45, 7) is 0. The monoisotopic (exact) mass is 191 g/mol. The molecule has 0 amide bonds. The number of nitrogens with two attached hydrogens (primary N) is 1. The van der Waals surface area contributed by atoms with Crippen molar-refractivity contribution in [2.75, 3.05) is 5.73 Å². The minimum Gasteiger partial charge on any atom is -0.368 e. The second kappa shape index (κ2) is 3.33. The molecule has 2 rings (SSSR count). The summed E-state index contributed by atoms with van der Waals surface area (Å²) >= 11 is 0. The highest BCUT2D eigenvalue weighted by Gasteiger charge is 2.07. The van der Waals surface area contributed by atoms with Crippen molar-refractivity contribution in [3.63, 3.8) is 0 Å². The van der Waals surface area contributed by atoms with Crippen molar-refractivity contribution in [3.8, 4) is 11.3 Å². The molecule has 5 nitrogen and oxygen atoms in total. The van der Waals surface area contributed by atoms with Gasteiger partial charge in [0.05, 0.1) is 6.20 Å². The molecule has 0 spiro atoms. The third-order valence-electron chi connectivity index (χ3n) is 1.60. The molecule has 2 heterocycles. The van der Waals surface area contributed by atoms with Gasteiger partial charge < -0.3 is 5.73 Å². The van der Waals surface area contributed by atoms with Crippen LogP contribution in [0.25, 0.3) is 11.3 Å². The fraction of sp³-hybridized carbons (Fsp3) is 0. The van der Waals surface area contributed by atoms with Gasteiger partial charge in [0.1, 0.15) is 12.0 Å². The summed E-state index contributed by atoms with van der Waals surface area (Å²) in [5, 5.41) is 0. The molecule has 2 aromatic heterocycles. The first-order chi connectivity index (χ1) is 6.77. The molecule has 0 atom stereocenters. The smallest absolute Gasteiger partial charge is 0.220 e. The maximum absolute atomic E-state index is 13.2. The van der Waals surface area contributed by atoms with Crippen molar-refractivity contribution in [1.29, 1.82) is 0 Å². The Hall–Kier alpha value is -2.11. The molecule has 0 aliphatic carbocycles. The zero-order valence-electron chi connectivity index (χ0n) is 7.05. The molecule has 0 bridgehead atoms. The zero-order chi connectivity index (χ0) is 9.97. The predicted octanol–water partition coefficient (Wildman–Crippen LogP) is 0.655. The molecule has 2 aromatic rings. The van der Waals surface area contributed by atoms with E-state index in [9.17, 15) is 4.39 Å². The Bertz CT molecular complexity index is 445. The minimum atomic E-state index is -0.547. The summed E-state index contributed by atoms with van der Waals surface area (Å²) < 4.78 is 13.2. The first-order valence-electron chi connectivity index (χ1n) is 3.81. The molecule has 0 unspecified atom stereocenters. The summed E-state index contributed by atoms with van der Waals surface area (Å²) in [6.07, 6.45) is 5.28. The molecule has 14 heavy (non-hydrogen) atoms. The summed E-state index contributed by atoms with van der Waals surface area (Å²) in [4.78, 5) is 14.8. The first-order valence-corrected chi connectivity index (χ1v) is 3.81. The highest BCUT2D eigenvalue weighted by molar-refractivity contribution is 5.57. The van der Waals surface area contributed by atoms with Gasteiger partial charge in [-0.25, -0.2) is 24.3 Å². The van der Waals surface area contributed by atoms with Crippen LogP contribution < -0.4 is 5.73 Å². The van der Waals surface area contributed by atoms with Crippen LogP contribution in [0.3, 0.4) is 0 Å². The third-order valence-corrected chi connectivity index (χ3v) is 1.60. The van der Waals surface area contributed by atoms with Gasteiger partial charge in [0, 0.05) is 18.0 Å². The SMILES string of the molecule is Nc1ncc(F)c(-c2cncnc2)n1. The van der Waals surface area contributed by atoms with E-state index in [0.29, 0.717) is 5.56 Å². The van der Waals surface area contributed by atoms with Crippen molar-refractivity contribution in [3.05, 3.63) is 30.7 Å². The van der Waals surface area contributed by atoms with Gasteiger partial charge in [-0.15, -0.1) is 0 Å². The summed E-state index contributed by atoms with van der Waals surface area (Å²) in [7, 11) is 0. The van der Waals surface area contributed by atoms with Gasteiger partial charge in [0.2, 0.25) is 5.95 Å². The van der Waals surface area contributed by atoms with Crippen LogP contribution >= 0.6 is 0 Å². The number of rotatable bonds is 1. The number of halogens is 1. The molecule has 0 saturated heterocycles. The van der Waals surface area contributed by atoms with Crippen LogP contribution in [0.5, 0.6) is 0 Å². The fourth-order valence-electron chi connectivity index (χ4n) is 1.00. The Balaban J connectivity index is 2.57. The average Bonchev–Trinajstić information content (AvgIpc) is 2.23. The van der Waals surface area contributed by atoms with Gasteiger partial charge in [-0.3, -0.25) is 0 Å². The van der Waals surface area contributed by atoms with E-state index in [-0.39, 0.29) is 11.6 Å². The van der Waals surface area contributed by atoms with Gasteiger partial charge in [-0.05, 0) is 0 Å². The highest BCUT2D eigenvalue weighted by atomic mass is 19.1. The van der Waals surface area contributed by atoms with E-state index in [2.05, 4.69) is 19.9 Å². The van der Waals surface area contributed by atoms with Crippen molar-refractivity contribution in [1.82, 2.24) is 19.9 Å². The van der Waals surface area contributed by atoms with Crippen LogP contribution in [0.2, 0.25) is 0 Å². The van der Waals surface area contributed by atoms with Crippen molar-refractivity contribution >= 4 is 5.95 Å². The number of hydrogen-bond acceptors (Lipinski definition) is 5. The number of nitrogen functional groups attached to an aromatic ring is 1. The standard InChI is InChI=1S/C8H6FN5/c9-6-3-13-8(10)14-7(6)5-1-11-4-12-2-5/h1-4H,(H2,10,13,14). The molecule has 0 saturated carbocycles. The molecule has 2 N–H and O–H groups in total. The van der Waals surface area contributed by atoms with Gasteiger partial charge in [-0.1, -0.05) is 0 Å². The quantitative estimate of drug-likeness (QED) is 0.716. The highest BCUT2D eigenvalue weighted by Crippen LogP contribution is 2.17. The van der Waals surface area contributed by atoms with Gasteiger partial charge in [-0.2, -0.15) is 0 Å². The molecule has 0 aliphatic heterocycles. The average molecular weight is 191 g/mol. The van der Waals surface area contributed by atoms with Crippen LogP contribution in [-0.2, 0) is 0 Å². The van der Waals surface area contributed by atoms with E-state index in [0.717, 1.165) is 6.20 Å². The normalized spacial score (nSPS) is 10.1. The van der Waals surface area contributed by atoms with Crippen LogP contribution in [0.15, 0.2) is 24.9 Å². The van der Waals surface area contributed by atoms with Gasteiger partial charge in [0.25, 0.3) is 0 Å². The molecule has 6 heteroatoms. The number of hydrogen-bond donors (Lipinski definition) is 1. The van der Waals surface area contributed by atoms with Crippen molar-refractivity contribution in [2.24, 2.45) is 0 Å². The fourth-order valence-corrected chi connectivity index (χ4v) is 1.00. The summed E-state index contributed by atoms with van der Waals surface area (Å²) in [6, 6.07) is 0. The molecular weight excluding hydrogens is 185 g/mol.